The van der Waals surface area contributed by atoms with Crippen LogP contribution in [-0.4, -0.2) is 49.3 Å². The van der Waals surface area contributed by atoms with E-state index in [0.29, 0.717) is 52.4 Å². The number of anilines is 2. The zero-order chi connectivity index (χ0) is 37.0. The third-order valence-electron chi connectivity index (χ3n) is 9.30. The van der Waals surface area contributed by atoms with Gasteiger partial charge in [-0.2, -0.15) is 0 Å². The van der Waals surface area contributed by atoms with Gasteiger partial charge in [0, 0.05) is 35.1 Å². The molecular weight excluding hydrogens is 683 g/mol. The third-order valence-corrected chi connectivity index (χ3v) is 9.30. The highest BCUT2D eigenvalue weighted by atomic mass is 19.1. The van der Waals surface area contributed by atoms with Crippen molar-refractivity contribution in [3.05, 3.63) is 109 Å². The van der Waals surface area contributed by atoms with Gasteiger partial charge >= 0.3 is 6.09 Å². The predicted molar refractivity (Wildman–Crippen MR) is 194 cm³/mol. The molecule has 2 fully saturated rings. The molecule has 0 spiro atoms. The van der Waals surface area contributed by atoms with Crippen molar-refractivity contribution >= 4 is 40.2 Å². The molecule has 2 aliphatic carbocycles. The van der Waals surface area contributed by atoms with E-state index in [1.54, 1.807) is 61.7 Å². The zero-order valence-corrected chi connectivity index (χ0v) is 29.1. The number of nitrogens with one attached hydrogen (secondary N) is 3. The fourth-order valence-electron chi connectivity index (χ4n) is 5.77. The van der Waals surface area contributed by atoms with Crippen molar-refractivity contribution in [2.75, 3.05) is 31.5 Å². The number of methoxy groups -OCH3 is 2. The largest absolute Gasteiger partial charge is 0.497 e. The van der Waals surface area contributed by atoms with Crippen LogP contribution in [0.5, 0.6) is 28.7 Å². The van der Waals surface area contributed by atoms with E-state index in [2.05, 4.69) is 20.9 Å². The second kappa shape index (κ2) is 14.7. The van der Waals surface area contributed by atoms with E-state index < -0.39 is 34.7 Å². The Morgan fingerprint density at radius 1 is 0.755 bits per heavy atom. The van der Waals surface area contributed by atoms with E-state index in [-0.39, 0.29) is 24.7 Å². The fraction of sp³-hybridized carbons (Fsp3) is 0.250. The van der Waals surface area contributed by atoms with Crippen molar-refractivity contribution in [2.45, 2.75) is 37.8 Å². The van der Waals surface area contributed by atoms with Gasteiger partial charge in [-0.1, -0.05) is 30.3 Å². The van der Waals surface area contributed by atoms with Gasteiger partial charge in [0.15, 0.2) is 23.1 Å². The number of benzene rings is 4. The molecule has 7 rings (SSSR count). The standard InChI is InChI=1S/C40H37FN4O8/c1-49-28-11-8-25(9-12-28)23-51-38(48)45-39(15-16-39)24-52-35-22-31-29(21-34(35)50-2)32(14-19-42-31)53-33-13-10-27(20-30(33)41)44-37(47)40(17-18-40)36(46)43-26-6-4-3-5-7-26/h3-14,19-22H,15-18,23-24H2,1-2H3,(H,43,46)(H,44,47)(H,45,48). The second-order valence-electron chi connectivity index (χ2n) is 13.1. The lowest BCUT2D eigenvalue weighted by atomic mass is 10.0. The average Bonchev–Trinajstić information content (AvgIpc) is 4.11. The summed E-state index contributed by atoms with van der Waals surface area (Å²) in [5.41, 5.74) is 0.328. The lowest BCUT2D eigenvalue weighted by Crippen LogP contribution is -2.41. The smallest absolute Gasteiger partial charge is 0.408 e. The minimum atomic E-state index is -1.21. The molecule has 272 valence electrons. The fourth-order valence-corrected chi connectivity index (χ4v) is 5.77. The van der Waals surface area contributed by atoms with Crippen molar-refractivity contribution < 1.29 is 42.5 Å². The monoisotopic (exact) mass is 720 g/mol. The number of rotatable bonds is 14. The number of para-hydroxylation sites is 1. The number of carbonyl (C=O) groups excluding carboxylic acids is 3. The molecule has 0 atom stereocenters. The summed E-state index contributed by atoms with van der Waals surface area (Å²) in [5.74, 6) is 0.108. The Bertz CT molecular complexity index is 2150. The molecule has 0 bridgehead atoms. The van der Waals surface area contributed by atoms with Crippen LogP contribution in [0.4, 0.5) is 20.6 Å². The van der Waals surface area contributed by atoms with E-state index in [1.807, 2.05) is 18.2 Å². The number of amides is 3. The summed E-state index contributed by atoms with van der Waals surface area (Å²) in [6.07, 6.45) is 3.20. The van der Waals surface area contributed by atoms with Crippen molar-refractivity contribution in [2.24, 2.45) is 5.41 Å². The first-order valence-corrected chi connectivity index (χ1v) is 17.0. The summed E-state index contributed by atoms with van der Waals surface area (Å²) < 4.78 is 43.7. The summed E-state index contributed by atoms with van der Waals surface area (Å²) in [6.45, 7) is 0.290. The third kappa shape index (κ3) is 7.93. The highest BCUT2D eigenvalue weighted by Gasteiger charge is 2.56. The maximum absolute atomic E-state index is 15.4. The molecule has 4 aromatic carbocycles. The van der Waals surface area contributed by atoms with Gasteiger partial charge in [-0.15, -0.1) is 0 Å². The molecule has 0 unspecified atom stereocenters. The molecule has 5 aromatic rings. The molecule has 3 amide bonds. The molecular formula is C40H37FN4O8. The lowest BCUT2D eigenvalue weighted by molar-refractivity contribution is -0.131. The van der Waals surface area contributed by atoms with Crippen LogP contribution in [0.15, 0.2) is 97.2 Å². The number of carbonyl (C=O) groups is 3. The van der Waals surface area contributed by atoms with Gasteiger partial charge < -0.3 is 39.6 Å². The van der Waals surface area contributed by atoms with E-state index in [9.17, 15) is 14.4 Å². The van der Waals surface area contributed by atoms with Crippen molar-refractivity contribution in [1.29, 1.82) is 0 Å². The van der Waals surface area contributed by atoms with Gasteiger partial charge in [-0.05, 0) is 79.8 Å². The summed E-state index contributed by atoms with van der Waals surface area (Å²) >= 11 is 0. The molecule has 1 aromatic heterocycles. The second-order valence-corrected chi connectivity index (χ2v) is 13.1. The maximum Gasteiger partial charge on any atom is 0.408 e. The van der Waals surface area contributed by atoms with Gasteiger partial charge in [0.1, 0.15) is 30.1 Å². The van der Waals surface area contributed by atoms with Gasteiger partial charge in [-0.25, -0.2) is 9.18 Å². The zero-order valence-electron chi connectivity index (χ0n) is 29.1. The van der Waals surface area contributed by atoms with Crippen molar-refractivity contribution in [1.82, 2.24) is 10.3 Å². The number of hydrogen-bond donors (Lipinski definition) is 3. The van der Waals surface area contributed by atoms with Crippen LogP contribution in [0, 0.1) is 11.2 Å². The minimum Gasteiger partial charge on any atom is -0.497 e. The van der Waals surface area contributed by atoms with Gasteiger partial charge in [-0.3, -0.25) is 14.6 Å². The Morgan fingerprint density at radius 3 is 2.15 bits per heavy atom. The molecule has 2 saturated carbocycles. The number of halogens is 1. The predicted octanol–water partition coefficient (Wildman–Crippen LogP) is 7.38. The van der Waals surface area contributed by atoms with Crippen molar-refractivity contribution in [3.8, 4) is 28.7 Å². The molecule has 0 radical (unpaired) electrons. The van der Waals surface area contributed by atoms with E-state index in [1.165, 1.54) is 25.4 Å². The van der Waals surface area contributed by atoms with Crippen LogP contribution >= 0.6 is 0 Å². The van der Waals surface area contributed by atoms with Crippen LogP contribution in [0.2, 0.25) is 0 Å². The topological polar surface area (TPSA) is 146 Å². The average molecular weight is 721 g/mol. The maximum atomic E-state index is 15.4. The first-order valence-electron chi connectivity index (χ1n) is 17.0. The van der Waals surface area contributed by atoms with Crippen LogP contribution in [0.1, 0.15) is 31.2 Å². The summed E-state index contributed by atoms with van der Waals surface area (Å²) in [4.78, 5) is 43.1. The van der Waals surface area contributed by atoms with Crippen LogP contribution in [-0.2, 0) is 20.9 Å². The Balaban J connectivity index is 0.977. The van der Waals surface area contributed by atoms with Gasteiger partial charge in [0.25, 0.3) is 0 Å². The molecule has 0 aliphatic heterocycles. The lowest BCUT2D eigenvalue weighted by Gasteiger charge is -2.20. The first kappa shape index (κ1) is 35.1. The number of pyridine rings is 1. The number of nitrogens with zero attached hydrogens (tertiary/aromatic N) is 1. The molecule has 1 heterocycles. The highest BCUT2D eigenvalue weighted by Crippen LogP contribution is 2.48. The minimum absolute atomic E-state index is 0.0848. The van der Waals surface area contributed by atoms with E-state index in [4.69, 9.17) is 23.7 Å². The normalized spacial score (nSPS) is 14.7. The first-order chi connectivity index (χ1) is 25.7. The molecule has 12 nitrogen and oxygen atoms in total. The molecule has 2 aliphatic rings. The Morgan fingerprint density at radius 2 is 1.49 bits per heavy atom. The summed E-state index contributed by atoms with van der Waals surface area (Å²) in [5, 5.41) is 8.92. The molecule has 13 heteroatoms. The number of hydrogen-bond acceptors (Lipinski definition) is 9. The molecule has 3 N–H and O–H groups in total. The number of aromatic nitrogens is 1. The summed E-state index contributed by atoms with van der Waals surface area (Å²) in [6, 6.07) is 25.2. The van der Waals surface area contributed by atoms with Crippen LogP contribution < -0.4 is 34.9 Å². The van der Waals surface area contributed by atoms with Gasteiger partial charge in [0.2, 0.25) is 11.8 Å². The van der Waals surface area contributed by atoms with Crippen LogP contribution in [0.3, 0.4) is 0 Å². The SMILES string of the molecule is COc1ccc(COC(=O)NC2(COc3cc4nccc(Oc5ccc(NC(=O)C6(C(=O)Nc7ccccc7)CC6)cc5F)c4cc3OC)CC2)cc1. The summed E-state index contributed by atoms with van der Waals surface area (Å²) in [7, 11) is 3.08. The Kier molecular flexibility index (Phi) is 9.72. The van der Waals surface area contributed by atoms with Gasteiger partial charge in [0.05, 0.1) is 25.3 Å². The number of alkyl carbamates (subject to hydrolysis) is 1. The highest BCUT2D eigenvalue weighted by molar-refractivity contribution is 6.16. The Labute approximate surface area is 304 Å². The number of fused-ring (bicyclic) bond motifs is 1. The van der Waals surface area contributed by atoms with E-state index in [0.717, 1.165) is 24.5 Å². The van der Waals surface area contributed by atoms with Crippen LogP contribution in [0.25, 0.3) is 10.9 Å². The van der Waals surface area contributed by atoms with E-state index >= 15 is 4.39 Å². The van der Waals surface area contributed by atoms with Crippen molar-refractivity contribution in [3.63, 3.8) is 0 Å². The molecule has 0 saturated heterocycles. The quantitative estimate of drug-likeness (QED) is 0.100. The Hall–Kier alpha value is -6.37. The molecule has 53 heavy (non-hydrogen) atoms. The number of ether oxygens (including phenoxy) is 5.